The van der Waals surface area contributed by atoms with Gasteiger partial charge in [0.2, 0.25) is 0 Å². The number of benzene rings is 1. The molecule has 0 amide bonds. The van der Waals surface area contributed by atoms with Gasteiger partial charge in [-0.1, -0.05) is 37.3 Å². The number of rotatable bonds is 5. The third-order valence-corrected chi connectivity index (χ3v) is 2.61. The van der Waals surface area contributed by atoms with E-state index in [0.29, 0.717) is 19.4 Å². The van der Waals surface area contributed by atoms with E-state index in [1.54, 1.807) is 6.92 Å². The molecule has 1 unspecified atom stereocenters. The zero-order valence-corrected chi connectivity index (χ0v) is 9.90. The molecule has 3 heteroatoms. The van der Waals surface area contributed by atoms with Crippen molar-refractivity contribution in [1.29, 1.82) is 0 Å². The molecule has 1 aromatic carbocycles. The van der Waals surface area contributed by atoms with E-state index in [1.165, 1.54) is 0 Å². The van der Waals surface area contributed by atoms with Crippen molar-refractivity contribution in [2.75, 3.05) is 6.61 Å². The number of nitrogens with two attached hydrogens (primary N) is 1. The summed E-state index contributed by atoms with van der Waals surface area (Å²) < 4.78 is 5.03. The second-order valence-corrected chi connectivity index (χ2v) is 4.11. The van der Waals surface area contributed by atoms with Gasteiger partial charge in [-0.25, -0.2) is 0 Å². The molecule has 0 aromatic heterocycles. The van der Waals surface area contributed by atoms with E-state index < -0.39 is 5.54 Å². The predicted octanol–water partition coefficient (Wildman–Crippen LogP) is 2.20. The van der Waals surface area contributed by atoms with Gasteiger partial charge < -0.3 is 10.5 Å². The van der Waals surface area contributed by atoms with Crippen molar-refractivity contribution in [3.8, 4) is 0 Å². The van der Waals surface area contributed by atoms with Gasteiger partial charge in [-0.3, -0.25) is 4.79 Å². The van der Waals surface area contributed by atoms with Gasteiger partial charge in [0.15, 0.2) is 0 Å². The number of hydrogen-bond acceptors (Lipinski definition) is 3. The Morgan fingerprint density at radius 1 is 1.38 bits per heavy atom. The molecule has 0 heterocycles. The normalized spacial score (nSPS) is 14.2. The zero-order valence-electron chi connectivity index (χ0n) is 9.90. The standard InChI is InChI=1S/C13H19NO2/c1-3-12(15)16-10-9-13(2,14)11-7-5-4-6-8-11/h4-8H,3,9-10,14H2,1-2H3. The molecule has 2 N–H and O–H groups in total. The van der Waals surface area contributed by atoms with Gasteiger partial charge in [0.25, 0.3) is 0 Å². The summed E-state index contributed by atoms with van der Waals surface area (Å²) >= 11 is 0. The fourth-order valence-corrected chi connectivity index (χ4v) is 1.44. The van der Waals surface area contributed by atoms with Crippen molar-refractivity contribution >= 4 is 5.97 Å². The quantitative estimate of drug-likeness (QED) is 0.775. The fraction of sp³-hybridized carbons (Fsp3) is 0.462. The molecule has 0 aliphatic heterocycles. The van der Waals surface area contributed by atoms with Crippen LogP contribution in [0, 0.1) is 0 Å². The number of ether oxygens (including phenoxy) is 1. The molecule has 0 saturated carbocycles. The van der Waals surface area contributed by atoms with Crippen LogP contribution in [0.1, 0.15) is 32.3 Å². The van der Waals surface area contributed by atoms with E-state index in [9.17, 15) is 4.79 Å². The van der Waals surface area contributed by atoms with Gasteiger partial charge in [-0.15, -0.1) is 0 Å². The van der Waals surface area contributed by atoms with Gasteiger partial charge in [-0.05, 0) is 12.5 Å². The lowest BCUT2D eigenvalue weighted by Gasteiger charge is -2.24. The van der Waals surface area contributed by atoms with E-state index in [1.807, 2.05) is 37.3 Å². The van der Waals surface area contributed by atoms with Crippen LogP contribution >= 0.6 is 0 Å². The summed E-state index contributed by atoms with van der Waals surface area (Å²) in [6.45, 7) is 4.10. The Bertz CT molecular complexity index is 333. The molecule has 16 heavy (non-hydrogen) atoms. The molecule has 1 rings (SSSR count). The molecule has 3 nitrogen and oxygen atoms in total. The highest BCUT2D eigenvalue weighted by Gasteiger charge is 2.20. The third-order valence-electron chi connectivity index (χ3n) is 2.61. The van der Waals surface area contributed by atoms with Gasteiger partial charge in [0.1, 0.15) is 0 Å². The van der Waals surface area contributed by atoms with Crippen molar-refractivity contribution in [2.24, 2.45) is 5.73 Å². The van der Waals surface area contributed by atoms with Crippen molar-refractivity contribution in [3.05, 3.63) is 35.9 Å². The van der Waals surface area contributed by atoms with Crippen LogP contribution in [-0.2, 0) is 15.1 Å². The maximum absolute atomic E-state index is 11.0. The average Bonchev–Trinajstić information content (AvgIpc) is 2.30. The summed E-state index contributed by atoms with van der Waals surface area (Å²) in [5.74, 6) is -0.177. The second kappa shape index (κ2) is 5.66. The smallest absolute Gasteiger partial charge is 0.305 e. The minimum absolute atomic E-state index is 0.177. The largest absolute Gasteiger partial charge is 0.466 e. The van der Waals surface area contributed by atoms with Crippen LogP contribution in [0.2, 0.25) is 0 Å². The van der Waals surface area contributed by atoms with Crippen LogP contribution in [0.5, 0.6) is 0 Å². The minimum atomic E-state index is -0.449. The lowest BCUT2D eigenvalue weighted by atomic mass is 9.90. The molecule has 0 aliphatic carbocycles. The maximum atomic E-state index is 11.0. The molecular weight excluding hydrogens is 202 g/mol. The Kier molecular flexibility index (Phi) is 4.50. The van der Waals surface area contributed by atoms with Crippen molar-refractivity contribution < 1.29 is 9.53 Å². The predicted molar refractivity (Wildman–Crippen MR) is 63.8 cm³/mol. The topological polar surface area (TPSA) is 52.3 Å². The van der Waals surface area contributed by atoms with Crippen LogP contribution in [-0.4, -0.2) is 12.6 Å². The molecular formula is C13H19NO2. The average molecular weight is 221 g/mol. The Balaban J connectivity index is 2.49. The molecule has 0 spiro atoms. The summed E-state index contributed by atoms with van der Waals surface area (Å²) in [6, 6.07) is 9.84. The van der Waals surface area contributed by atoms with Crippen LogP contribution in [0.25, 0.3) is 0 Å². The maximum Gasteiger partial charge on any atom is 0.305 e. The molecule has 0 saturated heterocycles. The molecule has 0 fully saturated rings. The van der Waals surface area contributed by atoms with Gasteiger partial charge in [0.05, 0.1) is 6.61 Å². The Hall–Kier alpha value is -1.35. The summed E-state index contributed by atoms with van der Waals surface area (Å²) in [6.07, 6.45) is 1.04. The monoisotopic (exact) mass is 221 g/mol. The Morgan fingerprint density at radius 2 is 2.00 bits per heavy atom. The van der Waals surface area contributed by atoms with E-state index in [-0.39, 0.29) is 5.97 Å². The molecule has 88 valence electrons. The SMILES string of the molecule is CCC(=O)OCCC(C)(N)c1ccccc1. The highest BCUT2D eigenvalue weighted by molar-refractivity contribution is 5.68. The van der Waals surface area contributed by atoms with Crippen LogP contribution < -0.4 is 5.73 Å². The summed E-state index contributed by atoms with van der Waals surface area (Å²) in [5.41, 5.74) is 6.78. The first kappa shape index (κ1) is 12.7. The lowest BCUT2D eigenvalue weighted by Crippen LogP contribution is -2.34. The van der Waals surface area contributed by atoms with Crippen LogP contribution in [0.4, 0.5) is 0 Å². The fourth-order valence-electron chi connectivity index (χ4n) is 1.44. The molecule has 1 atom stereocenters. The van der Waals surface area contributed by atoms with E-state index >= 15 is 0 Å². The molecule has 1 aromatic rings. The van der Waals surface area contributed by atoms with Crippen molar-refractivity contribution in [1.82, 2.24) is 0 Å². The Labute approximate surface area is 96.6 Å². The third kappa shape index (κ3) is 3.66. The number of carbonyl (C=O) groups excluding carboxylic acids is 1. The zero-order chi connectivity index (χ0) is 12.0. The summed E-state index contributed by atoms with van der Waals surface area (Å²) in [4.78, 5) is 11.0. The van der Waals surface area contributed by atoms with Crippen molar-refractivity contribution in [2.45, 2.75) is 32.2 Å². The summed E-state index contributed by atoms with van der Waals surface area (Å²) in [5, 5.41) is 0. The first-order valence-electron chi connectivity index (χ1n) is 5.56. The van der Waals surface area contributed by atoms with Gasteiger partial charge in [0, 0.05) is 18.4 Å². The molecule has 0 bridgehead atoms. The van der Waals surface area contributed by atoms with Crippen LogP contribution in [0.15, 0.2) is 30.3 Å². The molecule has 0 radical (unpaired) electrons. The second-order valence-electron chi connectivity index (χ2n) is 4.11. The van der Waals surface area contributed by atoms with E-state index in [4.69, 9.17) is 10.5 Å². The minimum Gasteiger partial charge on any atom is -0.466 e. The van der Waals surface area contributed by atoms with Gasteiger partial charge >= 0.3 is 5.97 Å². The van der Waals surface area contributed by atoms with Gasteiger partial charge in [-0.2, -0.15) is 0 Å². The van der Waals surface area contributed by atoms with E-state index in [0.717, 1.165) is 5.56 Å². The van der Waals surface area contributed by atoms with Crippen LogP contribution in [0.3, 0.4) is 0 Å². The highest BCUT2D eigenvalue weighted by Crippen LogP contribution is 2.21. The molecule has 0 aliphatic rings. The summed E-state index contributed by atoms with van der Waals surface area (Å²) in [7, 11) is 0. The Morgan fingerprint density at radius 3 is 2.56 bits per heavy atom. The number of carbonyl (C=O) groups is 1. The highest BCUT2D eigenvalue weighted by atomic mass is 16.5. The number of hydrogen-bond donors (Lipinski definition) is 1. The first-order valence-corrected chi connectivity index (χ1v) is 5.56. The first-order chi connectivity index (χ1) is 7.56. The lowest BCUT2D eigenvalue weighted by molar-refractivity contribution is -0.143. The van der Waals surface area contributed by atoms with Crippen molar-refractivity contribution in [3.63, 3.8) is 0 Å². The van der Waals surface area contributed by atoms with E-state index in [2.05, 4.69) is 0 Å². The number of esters is 1.